The maximum Gasteiger partial charge on any atom is 0.288 e. The molecule has 0 atom stereocenters. The van der Waals surface area contributed by atoms with Gasteiger partial charge in [-0.25, -0.2) is 4.39 Å². The van der Waals surface area contributed by atoms with Crippen molar-refractivity contribution in [2.24, 2.45) is 0 Å². The highest BCUT2D eigenvalue weighted by atomic mass is 32.2. The van der Waals surface area contributed by atoms with E-state index in [1.807, 2.05) is 0 Å². The third-order valence-corrected chi connectivity index (χ3v) is 2.96. The number of thioether (sulfide) groups is 1. The van der Waals surface area contributed by atoms with Gasteiger partial charge in [0.2, 0.25) is 0 Å². The molecule has 0 N–H and O–H groups in total. The van der Waals surface area contributed by atoms with Crippen LogP contribution in [0.2, 0.25) is 0 Å². The van der Waals surface area contributed by atoms with Gasteiger partial charge in [0.1, 0.15) is 5.82 Å². The van der Waals surface area contributed by atoms with E-state index in [-0.39, 0.29) is 10.8 Å². The highest BCUT2D eigenvalue weighted by Crippen LogP contribution is 2.20. The Bertz CT molecular complexity index is 422. The van der Waals surface area contributed by atoms with Crippen molar-refractivity contribution >= 4 is 22.9 Å². The van der Waals surface area contributed by atoms with E-state index in [9.17, 15) is 14.0 Å². The van der Waals surface area contributed by atoms with Crippen LogP contribution in [0.15, 0.2) is 24.3 Å². The molecule has 1 aromatic carbocycles. The quantitative estimate of drug-likeness (QED) is 0.734. The van der Waals surface area contributed by atoms with E-state index >= 15 is 0 Å². The van der Waals surface area contributed by atoms with Gasteiger partial charge in [0, 0.05) is 12.3 Å². The van der Waals surface area contributed by atoms with Crippen LogP contribution >= 0.6 is 11.8 Å². The Kier molecular flexibility index (Phi) is 2.73. The fourth-order valence-corrected chi connectivity index (χ4v) is 2.14. The van der Waals surface area contributed by atoms with Crippen LogP contribution in [-0.4, -0.2) is 28.3 Å². The minimum absolute atomic E-state index is 0.0478. The molecule has 2 amide bonds. The Morgan fingerprint density at radius 3 is 2.73 bits per heavy atom. The van der Waals surface area contributed by atoms with Crippen LogP contribution in [0.3, 0.4) is 0 Å². The number of carbonyl (C=O) groups is 2. The largest absolute Gasteiger partial charge is 0.288 e. The van der Waals surface area contributed by atoms with Gasteiger partial charge < -0.3 is 0 Å². The number of hydrogen-bond donors (Lipinski definition) is 0. The van der Waals surface area contributed by atoms with Crippen molar-refractivity contribution in [1.82, 2.24) is 4.90 Å². The van der Waals surface area contributed by atoms with Crippen molar-refractivity contribution in [3.63, 3.8) is 0 Å². The normalized spacial score (nSPS) is 15.8. The molecule has 78 valence electrons. The molecule has 0 unspecified atom stereocenters. The lowest BCUT2D eigenvalue weighted by Gasteiger charge is -2.12. The van der Waals surface area contributed by atoms with Gasteiger partial charge >= 0.3 is 0 Å². The van der Waals surface area contributed by atoms with Crippen LogP contribution in [-0.2, 0) is 0 Å². The smallest absolute Gasteiger partial charge is 0.268 e. The second-order valence-electron chi connectivity index (χ2n) is 3.05. The Morgan fingerprint density at radius 1 is 1.40 bits per heavy atom. The summed E-state index contributed by atoms with van der Waals surface area (Å²) in [6.07, 6.45) is 0. The summed E-state index contributed by atoms with van der Waals surface area (Å²) >= 11 is 1.08. The molecular formula is C10H8FNO2S. The summed E-state index contributed by atoms with van der Waals surface area (Å²) in [7, 11) is 0. The van der Waals surface area contributed by atoms with Gasteiger partial charge in [0.15, 0.2) is 0 Å². The number of hydrogen-bond acceptors (Lipinski definition) is 3. The van der Waals surface area contributed by atoms with Gasteiger partial charge in [-0.15, -0.1) is 0 Å². The molecule has 1 aromatic rings. The summed E-state index contributed by atoms with van der Waals surface area (Å²) in [4.78, 5) is 24.0. The molecule has 1 heterocycles. The zero-order valence-corrected chi connectivity index (χ0v) is 8.59. The van der Waals surface area contributed by atoms with Gasteiger partial charge in [-0.05, 0) is 12.1 Å². The molecule has 1 fully saturated rings. The number of benzene rings is 1. The number of amides is 2. The van der Waals surface area contributed by atoms with Gasteiger partial charge in [-0.2, -0.15) is 0 Å². The summed E-state index contributed by atoms with van der Waals surface area (Å²) in [6.45, 7) is 0.358. The number of nitrogens with zero attached hydrogens (tertiary/aromatic N) is 1. The van der Waals surface area contributed by atoms with Crippen LogP contribution in [0.1, 0.15) is 10.4 Å². The Balaban J connectivity index is 2.28. The van der Waals surface area contributed by atoms with Crippen LogP contribution in [0.5, 0.6) is 0 Å². The Hall–Kier alpha value is -1.36. The molecule has 3 nitrogen and oxygen atoms in total. The first-order valence-corrected chi connectivity index (χ1v) is 5.42. The van der Waals surface area contributed by atoms with E-state index in [0.717, 1.165) is 16.7 Å². The fourth-order valence-electron chi connectivity index (χ4n) is 1.36. The molecule has 0 bridgehead atoms. The molecular weight excluding hydrogens is 217 g/mol. The highest BCUT2D eigenvalue weighted by Gasteiger charge is 2.29. The lowest BCUT2D eigenvalue weighted by molar-refractivity contribution is 0.0828. The average molecular weight is 225 g/mol. The molecule has 1 aliphatic heterocycles. The predicted molar refractivity (Wildman–Crippen MR) is 55.3 cm³/mol. The van der Waals surface area contributed by atoms with Crippen LogP contribution < -0.4 is 0 Å². The fraction of sp³-hybridized carbons (Fsp3) is 0.200. The second-order valence-corrected chi connectivity index (χ2v) is 4.10. The maximum atomic E-state index is 13.3. The lowest BCUT2D eigenvalue weighted by Crippen LogP contribution is -2.31. The lowest BCUT2D eigenvalue weighted by atomic mass is 10.2. The predicted octanol–water partition coefficient (Wildman–Crippen LogP) is 2.13. The van der Waals surface area contributed by atoms with Crippen LogP contribution in [0.4, 0.5) is 9.18 Å². The summed E-state index contributed by atoms with van der Waals surface area (Å²) < 4.78 is 13.3. The van der Waals surface area contributed by atoms with Crippen molar-refractivity contribution < 1.29 is 14.0 Å². The number of rotatable bonds is 1. The van der Waals surface area contributed by atoms with E-state index in [0.29, 0.717) is 12.3 Å². The van der Waals surface area contributed by atoms with E-state index < -0.39 is 11.7 Å². The zero-order chi connectivity index (χ0) is 10.8. The number of imide groups is 1. The number of carbonyl (C=O) groups excluding carboxylic acids is 2. The van der Waals surface area contributed by atoms with Crippen molar-refractivity contribution in [2.75, 3.05) is 12.3 Å². The summed E-state index contributed by atoms with van der Waals surface area (Å²) in [5, 5.41) is -0.303. The second kappa shape index (κ2) is 4.02. The number of halogens is 1. The third kappa shape index (κ3) is 1.87. The highest BCUT2D eigenvalue weighted by molar-refractivity contribution is 8.13. The van der Waals surface area contributed by atoms with E-state index in [1.165, 1.54) is 18.2 Å². The monoisotopic (exact) mass is 225 g/mol. The van der Waals surface area contributed by atoms with Gasteiger partial charge in [-0.3, -0.25) is 14.5 Å². The molecule has 1 aliphatic rings. The minimum atomic E-state index is -0.591. The molecule has 0 radical (unpaired) electrons. The van der Waals surface area contributed by atoms with Crippen molar-refractivity contribution in [1.29, 1.82) is 0 Å². The Morgan fingerprint density at radius 2 is 2.13 bits per heavy atom. The average Bonchev–Trinajstić information content (AvgIpc) is 2.64. The molecule has 0 aromatic heterocycles. The van der Waals surface area contributed by atoms with Crippen LogP contribution in [0.25, 0.3) is 0 Å². The zero-order valence-electron chi connectivity index (χ0n) is 7.77. The first kappa shape index (κ1) is 10.2. The van der Waals surface area contributed by atoms with Crippen molar-refractivity contribution in [3.05, 3.63) is 35.6 Å². The Labute approximate surface area is 90.3 Å². The molecule has 15 heavy (non-hydrogen) atoms. The molecule has 2 rings (SSSR count). The van der Waals surface area contributed by atoms with Crippen molar-refractivity contribution in [3.8, 4) is 0 Å². The van der Waals surface area contributed by atoms with Crippen molar-refractivity contribution in [2.45, 2.75) is 0 Å². The van der Waals surface area contributed by atoms with E-state index in [4.69, 9.17) is 0 Å². The summed E-state index contributed by atoms with van der Waals surface area (Å²) in [6, 6.07) is 5.67. The first-order chi connectivity index (χ1) is 7.20. The van der Waals surface area contributed by atoms with Gasteiger partial charge in [0.25, 0.3) is 11.1 Å². The molecule has 5 heteroatoms. The van der Waals surface area contributed by atoms with Crippen LogP contribution in [0, 0.1) is 5.82 Å². The van der Waals surface area contributed by atoms with Gasteiger partial charge in [0.05, 0.1) is 5.56 Å². The standard InChI is InChI=1S/C10H8FNO2S/c11-8-4-2-1-3-7(8)9(13)12-5-6-15-10(12)14/h1-4H,5-6H2. The maximum absolute atomic E-state index is 13.3. The topological polar surface area (TPSA) is 37.4 Å². The molecule has 1 saturated heterocycles. The minimum Gasteiger partial charge on any atom is -0.268 e. The van der Waals surface area contributed by atoms with E-state index in [2.05, 4.69) is 0 Å². The first-order valence-electron chi connectivity index (χ1n) is 4.43. The SMILES string of the molecule is O=C1SCCN1C(=O)c1ccccc1F. The van der Waals surface area contributed by atoms with E-state index in [1.54, 1.807) is 6.07 Å². The molecule has 0 saturated carbocycles. The summed E-state index contributed by atoms with van der Waals surface area (Å²) in [5.41, 5.74) is -0.0478. The molecule has 0 aliphatic carbocycles. The van der Waals surface area contributed by atoms with Gasteiger partial charge in [-0.1, -0.05) is 23.9 Å². The summed E-state index contributed by atoms with van der Waals surface area (Å²) in [5.74, 6) is -0.561. The molecule has 0 spiro atoms. The third-order valence-electron chi connectivity index (χ3n) is 2.11.